The van der Waals surface area contributed by atoms with E-state index < -0.39 is 5.91 Å². The Bertz CT molecular complexity index is 650. The van der Waals surface area contributed by atoms with Crippen LogP contribution in [0.3, 0.4) is 0 Å². The van der Waals surface area contributed by atoms with Crippen LogP contribution in [0, 0.1) is 11.3 Å². The van der Waals surface area contributed by atoms with Crippen molar-refractivity contribution in [3.63, 3.8) is 0 Å². The molecule has 0 aliphatic carbocycles. The van der Waals surface area contributed by atoms with Crippen LogP contribution in [0.15, 0.2) is 24.4 Å². The second-order valence-electron chi connectivity index (χ2n) is 3.83. The highest BCUT2D eigenvalue weighted by molar-refractivity contribution is 6.04. The summed E-state index contributed by atoms with van der Waals surface area (Å²) in [5.74, 6) is 0.849. The number of rotatable bonds is 4. The number of carbonyl (C=O) groups is 1. The molecule has 2 aromatic rings. The van der Waals surface area contributed by atoms with E-state index in [1.165, 1.54) is 20.4 Å². The van der Waals surface area contributed by atoms with Gasteiger partial charge < -0.3 is 14.8 Å². The molecule has 0 spiro atoms. The maximum Gasteiger partial charge on any atom is 0.257 e. The highest BCUT2D eigenvalue weighted by atomic mass is 16.5. The lowest BCUT2D eigenvalue weighted by Crippen LogP contribution is -2.13. The van der Waals surface area contributed by atoms with Gasteiger partial charge in [0.15, 0.2) is 0 Å². The van der Waals surface area contributed by atoms with Gasteiger partial charge in [0.25, 0.3) is 5.91 Å². The molecule has 2 rings (SSSR count). The predicted molar refractivity (Wildman–Crippen MR) is 70.8 cm³/mol. The molecule has 1 heterocycles. The molecule has 1 amide bonds. The number of nitrogens with zero attached hydrogens (tertiary/aromatic N) is 2. The number of hydrogen-bond acceptors (Lipinski definition) is 5. The normalized spacial score (nSPS) is 9.65. The molecule has 0 aliphatic rings. The van der Waals surface area contributed by atoms with Crippen LogP contribution >= 0.6 is 0 Å². The number of nitriles is 1. The molecule has 20 heavy (non-hydrogen) atoms. The van der Waals surface area contributed by atoms with Crippen molar-refractivity contribution in [3.05, 3.63) is 35.5 Å². The van der Waals surface area contributed by atoms with Gasteiger partial charge in [-0.15, -0.1) is 0 Å². The molecule has 1 aromatic carbocycles. The Balaban J connectivity index is 2.27. The van der Waals surface area contributed by atoms with Crippen molar-refractivity contribution >= 4 is 11.7 Å². The van der Waals surface area contributed by atoms with Crippen LogP contribution in [0.25, 0.3) is 0 Å². The Morgan fingerprint density at radius 3 is 2.50 bits per heavy atom. The summed E-state index contributed by atoms with van der Waals surface area (Å²) in [6.45, 7) is 0. The van der Waals surface area contributed by atoms with Gasteiger partial charge in [-0.2, -0.15) is 10.4 Å². The molecule has 1 aromatic heterocycles. The summed E-state index contributed by atoms with van der Waals surface area (Å²) < 4.78 is 10.2. The summed E-state index contributed by atoms with van der Waals surface area (Å²) >= 11 is 0. The molecule has 0 fully saturated rings. The second kappa shape index (κ2) is 5.75. The van der Waals surface area contributed by atoms with Gasteiger partial charge in [0.2, 0.25) is 0 Å². The van der Waals surface area contributed by atoms with Gasteiger partial charge in [-0.05, 0) is 12.1 Å². The third-order valence-electron chi connectivity index (χ3n) is 2.61. The van der Waals surface area contributed by atoms with Crippen LogP contribution < -0.4 is 14.8 Å². The first-order valence-corrected chi connectivity index (χ1v) is 5.66. The lowest BCUT2D eigenvalue weighted by molar-refractivity contribution is 0.102. The molecule has 0 bridgehead atoms. The fourth-order valence-electron chi connectivity index (χ4n) is 1.59. The van der Waals surface area contributed by atoms with Gasteiger partial charge in [0.1, 0.15) is 28.9 Å². The molecule has 7 nitrogen and oxygen atoms in total. The number of methoxy groups -OCH3 is 2. The van der Waals surface area contributed by atoms with Crippen molar-refractivity contribution in [2.45, 2.75) is 0 Å². The molecule has 0 radical (unpaired) electrons. The van der Waals surface area contributed by atoms with Gasteiger partial charge in [0, 0.05) is 11.6 Å². The fourth-order valence-corrected chi connectivity index (χ4v) is 1.59. The number of carbonyl (C=O) groups excluding carboxylic acids is 1. The summed E-state index contributed by atoms with van der Waals surface area (Å²) in [6, 6.07) is 6.72. The van der Waals surface area contributed by atoms with Crippen molar-refractivity contribution in [2.24, 2.45) is 0 Å². The van der Waals surface area contributed by atoms with E-state index in [2.05, 4.69) is 15.5 Å². The van der Waals surface area contributed by atoms with Gasteiger partial charge in [0.05, 0.1) is 20.4 Å². The number of H-pyrrole nitrogens is 1. The van der Waals surface area contributed by atoms with E-state index in [1.54, 1.807) is 18.2 Å². The fraction of sp³-hybridized carbons (Fsp3) is 0.154. The molecule has 0 atom stereocenters. The molecule has 0 aliphatic heterocycles. The minimum Gasteiger partial charge on any atom is -0.497 e. The third-order valence-corrected chi connectivity index (χ3v) is 2.61. The first-order valence-electron chi connectivity index (χ1n) is 5.66. The van der Waals surface area contributed by atoms with E-state index in [-0.39, 0.29) is 11.4 Å². The zero-order valence-corrected chi connectivity index (χ0v) is 10.9. The van der Waals surface area contributed by atoms with E-state index in [1.807, 2.05) is 6.07 Å². The molecule has 102 valence electrons. The summed E-state index contributed by atoms with van der Waals surface area (Å²) in [7, 11) is 3.00. The maximum absolute atomic E-state index is 12.1. The van der Waals surface area contributed by atoms with Crippen LogP contribution in [0.4, 0.5) is 5.82 Å². The Morgan fingerprint density at radius 1 is 1.30 bits per heavy atom. The Kier molecular flexibility index (Phi) is 3.86. The van der Waals surface area contributed by atoms with Crippen molar-refractivity contribution in [1.29, 1.82) is 5.26 Å². The number of hydrogen-bond donors (Lipinski definition) is 2. The number of benzene rings is 1. The summed E-state index contributed by atoms with van der Waals surface area (Å²) in [4.78, 5) is 12.1. The highest BCUT2D eigenvalue weighted by Crippen LogP contribution is 2.23. The van der Waals surface area contributed by atoms with Gasteiger partial charge >= 0.3 is 0 Å². The van der Waals surface area contributed by atoms with Crippen molar-refractivity contribution in [2.75, 3.05) is 19.5 Å². The lowest BCUT2D eigenvalue weighted by atomic mass is 10.2. The van der Waals surface area contributed by atoms with Crippen LogP contribution in [0.5, 0.6) is 11.5 Å². The smallest absolute Gasteiger partial charge is 0.257 e. The van der Waals surface area contributed by atoms with Gasteiger partial charge in [-0.25, -0.2) is 0 Å². The van der Waals surface area contributed by atoms with Crippen molar-refractivity contribution < 1.29 is 14.3 Å². The van der Waals surface area contributed by atoms with Crippen molar-refractivity contribution in [3.8, 4) is 17.6 Å². The third kappa shape index (κ3) is 2.70. The highest BCUT2D eigenvalue weighted by Gasteiger charge is 2.13. The van der Waals surface area contributed by atoms with Crippen LogP contribution in [-0.4, -0.2) is 30.3 Å². The maximum atomic E-state index is 12.1. The number of nitrogens with one attached hydrogen (secondary N) is 2. The van der Waals surface area contributed by atoms with E-state index >= 15 is 0 Å². The van der Waals surface area contributed by atoms with E-state index in [4.69, 9.17) is 14.7 Å². The molecule has 0 saturated carbocycles. The Labute approximate surface area is 115 Å². The number of amides is 1. The number of aromatic amines is 1. The summed E-state index contributed by atoms with van der Waals surface area (Å²) in [5, 5.41) is 17.7. The first-order chi connectivity index (χ1) is 9.67. The van der Waals surface area contributed by atoms with E-state index in [9.17, 15) is 4.79 Å². The van der Waals surface area contributed by atoms with Crippen LogP contribution in [0.1, 0.15) is 15.9 Å². The molecular formula is C13H12N4O3. The number of ether oxygens (including phenoxy) is 2. The monoisotopic (exact) mass is 272 g/mol. The summed E-state index contributed by atoms with van der Waals surface area (Å²) in [5.41, 5.74) is 0.605. The predicted octanol–water partition coefficient (Wildman–Crippen LogP) is 1.55. The first kappa shape index (κ1) is 13.4. The quantitative estimate of drug-likeness (QED) is 0.879. The average Bonchev–Trinajstić information content (AvgIpc) is 2.93. The standard InChI is InChI=1S/C13H12N4O3/c1-19-10-3-8(4-11(5-10)20-2)13(18)16-12-9(6-14)7-15-17-12/h3-5,7H,1-2H3,(H2,15,16,17,18). The zero-order chi connectivity index (χ0) is 14.5. The topological polar surface area (TPSA) is 100 Å². The van der Waals surface area contributed by atoms with Crippen LogP contribution in [-0.2, 0) is 0 Å². The molecule has 0 saturated heterocycles. The molecule has 7 heteroatoms. The Hall–Kier alpha value is -3.01. The molecular weight excluding hydrogens is 260 g/mol. The SMILES string of the molecule is COc1cc(OC)cc(C(=O)Nc2[nH]ncc2C#N)c1. The summed E-state index contributed by atoms with van der Waals surface area (Å²) in [6.07, 6.45) is 1.34. The van der Waals surface area contributed by atoms with E-state index in [0.29, 0.717) is 17.1 Å². The second-order valence-corrected chi connectivity index (χ2v) is 3.83. The molecule has 2 N–H and O–H groups in total. The van der Waals surface area contributed by atoms with Crippen molar-refractivity contribution in [1.82, 2.24) is 10.2 Å². The lowest BCUT2D eigenvalue weighted by Gasteiger charge is -2.08. The van der Waals surface area contributed by atoms with Gasteiger partial charge in [-0.1, -0.05) is 0 Å². The minimum atomic E-state index is -0.400. The average molecular weight is 272 g/mol. The van der Waals surface area contributed by atoms with Crippen LogP contribution in [0.2, 0.25) is 0 Å². The minimum absolute atomic E-state index is 0.249. The zero-order valence-electron chi connectivity index (χ0n) is 10.9. The number of anilines is 1. The number of aromatic nitrogens is 2. The van der Waals surface area contributed by atoms with E-state index in [0.717, 1.165) is 0 Å². The Morgan fingerprint density at radius 2 is 1.95 bits per heavy atom. The van der Waals surface area contributed by atoms with Gasteiger partial charge in [-0.3, -0.25) is 9.89 Å². The largest absolute Gasteiger partial charge is 0.497 e. The molecule has 0 unspecified atom stereocenters.